The molecule has 0 fully saturated rings. The van der Waals surface area contributed by atoms with Crippen molar-refractivity contribution in [2.75, 3.05) is 5.32 Å². The lowest BCUT2D eigenvalue weighted by atomic mass is 9.92. The van der Waals surface area contributed by atoms with Gasteiger partial charge in [-0.1, -0.05) is 38.1 Å². The average molecular weight is 282 g/mol. The number of para-hydroxylation sites is 1. The standard InChI is InChI=1S/C15H18N6/c1-15(2,3)13(18-14-16-9-6-10-17-14)21-12-8-5-4-7-11(12)19-20-21/h4-10,13H,1-3H3,(H,16,17,18). The SMILES string of the molecule is CC(C)(C)C(Nc1ncccn1)n1nnc2ccccc21. The Kier molecular flexibility index (Phi) is 3.29. The molecule has 1 unspecified atom stereocenters. The van der Waals surface area contributed by atoms with Gasteiger partial charge in [-0.2, -0.15) is 0 Å². The Morgan fingerprint density at radius 1 is 1.05 bits per heavy atom. The number of nitrogens with one attached hydrogen (secondary N) is 1. The van der Waals surface area contributed by atoms with Gasteiger partial charge in [-0.25, -0.2) is 14.6 Å². The maximum Gasteiger partial charge on any atom is 0.224 e. The van der Waals surface area contributed by atoms with E-state index in [4.69, 9.17) is 0 Å². The summed E-state index contributed by atoms with van der Waals surface area (Å²) in [4.78, 5) is 8.48. The molecule has 6 nitrogen and oxygen atoms in total. The molecular weight excluding hydrogens is 264 g/mol. The quantitative estimate of drug-likeness (QED) is 0.800. The van der Waals surface area contributed by atoms with Crippen molar-refractivity contribution in [2.45, 2.75) is 26.9 Å². The molecule has 0 aliphatic heterocycles. The fourth-order valence-electron chi connectivity index (χ4n) is 2.22. The summed E-state index contributed by atoms with van der Waals surface area (Å²) >= 11 is 0. The number of hydrogen-bond acceptors (Lipinski definition) is 5. The van der Waals surface area contributed by atoms with Crippen LogP contribution < -0.4 is 5.32 Å². The molecule has 0 aliphatic carbocycles. The van der Waals surface area contributed by atoms with Crippen molar-refractivity contribution in [2.24, 2.45) is 5.41 Å². The zero-order valence-electron chi connectivity index (χ0n) is 12.4. The lowest BCUT2D eigenvalue weighted by Gasteiger charge is -2.31. The highest BCUT2D eigenvalue weighted by atomic mass is 15.5. The zero-order valence-corrected chi connectivity index (χ0v) is 12.4. The molecule has 3 aromatic rings. The minimum absolute atomic E-state index is 0.0876. The Hall–Kier alpha value is -2.50. The van der Waals surface area contributed by atoms with Crippen molar-refractivity contribution in [3.63, 3.8) is 0 Å². The molecule has 1 aromatic carbocycles. The van der Waals surface area contributed by atoms with Gasteiger partial charge < -0.3 is 5.32 Å². The van der Waals surface area contributed by atoms with Gasteiger partial charge in [0.25, 0.3) is 0 Å². The van der Waals surface area contributed by atoms with Crippen LogP contribution in [0.2, 0.25) is 0 Å². The van der Waals surface area contributed by atoms with Gasteiger partial charge >= 0.3 is 0 Å². The zero-order chi connectivity index (χ0) is 14.9. The minimum Gasteiger partial charge on any atom is -0.332 e. The normalized spacial score (nSPS) is 13.3. The number of rotatable bonds is 3. The Bertz CT molecular complexity index is 729. The first-order valence-electron chi connectivity index (χ1n) is 6.89. The van der Waals surface area contributed by atoms with Crippen LogP contribution >= 0.6 is 0 Å². The van der Waals surface area contributed by atoms with E-state index in [1.54, 1.807) is 18.5 Å². The van der Waals surface area contributed by atoms with Crippen molar-refractivity contribution in [1.82, 2.24) is 25.0 Å². The molecule has 1 atom stereocenters. The Morgan fingerprint density at radius 2 is 1.76 bits per heavy atom. The highest BCUT2D eigenvalue weighted by molar-refractivity contribution is 5.74. The number of hydrogen-bond donors (Lipinski definition) is 1. The van der Waals surface area contributed by atoms with Crippen LogP contribution in [-0.2, 0) is 0 Å². The van der Waals surface area contributed by atoms with E-state index in [0.717, 1.165) is 11.0 Å². The first-order valence-corrected chi connectivity index (χ1v) is 6.89. The number of fused-ring (bicyclic) bond motifs is 1. The van der Waals surface area contributed by atoms with E-state index >= 15 is 0 Å². The van der Waals surface area contributed by atoms with Crippen molar-refractivity contribution >= 4 is 17.0 Å². The van der Waals surface area contributed by atoms with E-state index in [-0.39, 0.29) is 11.6 Å². The second-order valence-corrected chi connectivity index (χ2v) is 6.01. The van der Waals surface area contributed by atoms with Crippen molar-refractivity contribution in [1.29, 1.82) is 0 Å². The van der Waals surface area contributed by atoms with Crippen LogP contribution in [0.3, 0.4) is 0 Å². The number of aromatic nitrogens is 5. The van der Waals surface area contributed by atoms with Gasteiger partial charge in [-0.15, -0.1) is 5.10 Å². The molecule has 0 radical (unpaired) electrons. The van der Waals surface area contributed by atoms with Crippen LogP contribution in [0, 0.1) is 5.41 Å². The Morgan fingerprint density at radius 3 is 2.48 bits per heavy atom. The fourth-order valence-corrected chi connectivity index (χ4v) is 2.22. The van der Waals surface area contributed by atoms with E-state index in [1.165, 1.54) is 0 Å². The topological polar surface area (TPSA) is 68.5 Å². The molecule has 0 bridgehead atoms. The third kappa shape index (κ3) is 2.69. The van der Waals surface area contributed by atoms with Gasteiger partial charge in [-0.05, 0) is 18.2 Å². The summed E-state index contributed by atoms with van der Waals surface area (Å²) in [6, 6.07) is 9.71. The Labute approximate surface area is 123 Å². The van der Waals surface area contributed by atoms with Crippen LogP contribution in [-0.4, -0.2) is 25.0 Å². The first kappa shape index (κ1) is 13.5. The van der Waals surface area contributed by atoms with Crippen LogP contribution in [0.4, 0.5) is 5.95 Å². The second-order valence-electron chi connectivity index (χ2n) is 6.01. The van der Waals surface area contributed by atoms with Gasteiger partial charge in [0.2, 0.25) is 5.95 Å². The molecule has 1 N–H and O–H groups in total. The predicted molar refractivity (Wildman–Crippen MR) is 81.7 cm³/mol. The van der Waals surface area contributed by atoms with E-state index in [2.05, 4.69) is 46.4 Å². The molecule has 3 rings (SSSR count). The summed E-state index contributed by atoms with van der Waals surface area (Å²) in [5.41, 5.74) is 1.78. The Balaban J connectivity index is 2.04. The molecule has 0 saturated heterocycles. The van der Waals surface area contributed by atoms with Crippen LogP contribution in [0.25, 0.3) is 11.0 Å². The molecule has 108 valence electrons. The van der Waals surface area contributed by atoms with Crippen molar-refractivity contribution in [3.05, 3.63) is 42.7 Å². The molecule has 0 amide bonds. The van der Waals surface area contributed by atoms with Crippen molar-refractivity contribution in [3.8, 4) is 0 Å². The summed E-state index contributed by atoms with van der Waals surface area (Å²) in [5, 5.41) is 11.9. The highest BCUT2D eigenvalue weighted by Gasteiger charge is 2.29. The highest BCUT2D eigenvalue weighted by Crippen LogP contribution is 2.32. The summed E-state index contributed by atoms with van der Waals surface area (Å²) in [7, 11) is 0. The first-order chi connectivity index (χ1) is 10.1. The maximum atomic E-state index is 4.31. The number of nitrogens with zero attached hydrogens (tertiary/aromatic N) is 5. The largest absolute Gasteiger partial charge is 0.332 e. The van der Waals surface area contributed by atoms with E-state index in [9.17, 15) is 0 Å². The van der Waals surface area contributed by atoms with Gasteiger partial charge in [0.1, 0.15) is 11.7 Å². The van der Waals surface area contributed by atoms with Crippen LogP contribution in [0.5, 0.6) is 0 Å². The summed E-state index contributed by atoms with van der Waals surface area (Å²) in [6.45, 7) is 6.43. The third-order valence-electron chi connectivity index (χ3n) is 3.27. The van der Waals surface area contributed by atoms with Gasteiger partial charge in [0.15, 0.2) is 0 Å². The molecule has 0 spiro atoms. The molecule has 6 heteroatoms. The van der Waals surface area contributed by atoms with E-state index in [0.29, 0.717) is 5.95 Å². The molecule has 0 aliphatic rings. The molecule has 0 saturated carbocycles. The molecule has 2 aromatic heterocycles. The second kappa shape index (κ2) is 5.12. The lowest BCUT2D eigenvalue weighted by Crippen LogP contribution is -2.32. The monoisotopic (exact) mass is 282 g/mol. The van der Waals surface area contributed by atoms with Gasteiger partial charge in [0.05, 0.1) is 5.52 Å². The summed E-state index contributed by atoms with van der Waals surface area (Å²) in [5.74, 6) is 0.581. The molecule has 21 heavy (non-hydrogen) atoms. The van der Waals surface area contributed by atoms with Gasteiger partial charge in [0, 0.05) is 17.8 Å². The number of benzene rings is 1. The third-order valence-corrected chi connectivity index (χ3v) is 3.27. The van der Waals surface area contributed by atoms with Gasteiger partial charge in [-0.3, -0.25) is 0 Å². The summed E-state index contributed by atoms with van der Waals surface area (Å²) < 4.78 is 1.89. The van der Waals surface area contributed by atoms with Crippen LogP contribution in [0.1, 0.15) is 26.9 Å². The minimum atomic E-state index is -0.104. The molecule has 2 heterocycles. The van der Waals surface area contributed by atoms with Crippen LogP contribution in [0.15, 0.2) is 42.7 Å². The smallest absolute Gasteiger partial charge is 0.224 e. The summed E-state index contributed by atoms with van der Waals surface area (Å²) in [6.07, 6.45) is 3.33. The lowest BCUT2D eigenvalue weighted by molar-refractivity contribution is 0.254. The fraction of sp³-hybridized carbons (Fsp3) is 0.333. The maximum absolute atomic E-state index is 4.31. The number of anilines is 1. The molecular formula is C15H18N6. The van der Waals surface area contributed by atoms with E-state index in [1.807, 2.05) is 28.9 Å². The average Bonchev–Trinajstić information content (AvgIpc) is 2.88. The predicted octanol–water partition coefficient (Wildman–Crippen LogP) is 2.88. The van der Waals surface area contributed by atoms with Crippen molar-refractivity contribution < 1.29 is 0 Å². The van der Waals surface area contributed by atoms with E-state index < -0.39 is 0 Å².